The lowest BCUT2D eigenvalue weighted by molar-refractivity contribution is 0.940. The Morgan fingerprint density at radius 2 is 2.83 bits per heavy atom. The van der Waals surface area contributed by atoms with E-state index in [0.29, 0.717) is 0 Å². The fraction of sp³-hybridized carbons (Fsp3) is 0.400. The zero-order chi connectivity index (χ0) is 4.41. The van der Waals surface area contributed by atoms with Crippen molar-refractivity contribution in [2.45, 2.75) is 6.92 Å². The molecule has 0 amide bonds. The quantitative estimate of drug-likeness (QED) is 0.422. The molecule has 0 atom stereocenters. The topological polar surface area (TPSA) is 12.0 Å². The summed E-state index contributed by atoms with van der Waals surface area (Å²) in [6.45, 7) is 2.97. The summed E-state index contributed by atoms with van der Waals surface area (Å²) in [5.41, 5.74) is 4.15. The van der Waals surface area contributed by atoms with Gasteiger partial charge in [-0.2, -0.15) is 0 Å². The standard InChI is InChI=1S/C5H7N/c1-5-3-2-4-6-5/h2,6H,4H2,1H3. The minimum Gasteiger partial charge on any atom is -0.378 e. The molecule has 0 fully saturated rings. The van der Waals surface area contributed by atoms with E-state index in [2.05, 4.69) is 11.0 Å². The molecule has 1 aliphatic rings. The molecule has 0 aliphatic carbocycles. The highest BCUT2D eigenvalue weighted by Gasteiger charge is 1.85. The van der Waals surface area contributed by atoms with Crippen molar-refractivity contribution in [3.8, 4) is 0 Å². The third kappa shape index (κ3) is 0.447. The summed E-state index contributed by atoms with van der Waals surface area (Å²) in [4.78, 5) is 0. The summed E-state index contributed by atoms with van der Waals surface area (Å²) >= 11 is 0. The summed E-state index contributed by atoms with van der Waals surface area (Å²) in [6, 6.07) is 0. The van der Waals surface area contributed by atoms with Gasteiger partial charge >= 0.3 is 0 Å². The predicted molar refractivity (Wildman–Crippen MR) is 25.3 cm³/mol. The molecule has 1 heteroatoms. The van der Waals surface area contributed by atoms with Crippen LogP contribution in [-0.2, 0) is 0 Å². The molecule has 0 aromatic carbocycles. The molecule has 0 unspecified atom stereocenters. The van der Waals surface area contributed by atoms with Gasteiger partial charge in [0.25, 0.3) is 0 Å². The zero-order valence-corrected chi connectivity index (χ0v) is 3.78. The fourth-order valence-electron chi connectivity index (χ4n) is 0.459. The van der Waals surface area contributed by atoms with Crippen molar-refractivity contribution >= 4 is 0 Å². The summed E-state index contributed by atoms with van der Waals surface area (Å²) in [6.07, 6.45) is 1.98. The van der Waals surface area contributed by atoms with Gasteiger partial charge in [0.05, 0.1) is 5.70 Å². The Balaban J connectivity index is 2.71. The van der Waals surface area contributed by atoms with E-state index in [4.69, 9.17) is 0 Å². The molecule has 1 N–H and O–H groups in total. The largest absolute Gasteiger partial charge is 0.378 e. The van der Waals surface area contributed by atoms with Crippen LogP contribution in [0.15, 0.2) is 17.5 Å². The van der Waals surface area contributed by atoms with Gasteiger partial charge in [0, 0.05) is 6.54 Å². The molecule has 0 spiro atoms. The summed E-state index contributed by atoms with van der Waals surface area (Å²) in [5.74, 6) is 0. The van der Waals surface area contributed by atoms with Gasteiger partial charge in [0.15, 0.2) is 0 Å². The highest BCUT2D eigenvalue weighted by Crippen LogP contribution is 1.86. The SMILES string of the molecule is CC1=C=CCN1. The third-order valence-corrected chi connectivity index (χ3v) is 0.788. The van der Waals surface area contributed by atoms with Crippen LogP contribution in [0, 0.1) is 0 Å². The second-order valence-electron chi connectivity index (χ2n) is 1.35. The van der Waals surface area contributed by atoms with E-state index in [-0.39, 0.29) is 0 Å². The lowest BCUT2D eigenvalue weighted by atomic mass is 10.6. The number of rotatable bonds is 0. The molecule has 0 saturated carbocycles. The van der Waals surface area contributed by atoms with Crippen LogP contribution in [0.2, 0.25) is 0 Å². The van der Waals surface area contributed by atoms with Gasteiger partial charge in [-0.3, -0.25) is 0 Å². The Morgan fingerprint density at radius 3 is 3.00 bits per heavy atom. The zero-order valence-electron chi connectivity index (χ0n) is 3.78. The van der Waals surface area contributed by atoms with Crippen molar-refractivity contribution in [1.29, 1.82) is 0 Å². The molecule has 1 aliphatic heterocycles. The van der Waals surface area contributed by atoms with E-state index >= 15 is 0 Å². The van der Waals surface area contributed by atoms with E-state index in [1.165, 1.54) is 0 Å². The van der Waals surface area contributed by atoms with Gasteiger partial charge in [-0.05, 0) is 13.0 Å². The van der Waals surface area contributed by atoms with Gasteiger partial charge in [-0.15, -0.1) is 5.73 Å². The second-order valence-corrected chi connectivity index (χ2v) is 1.35. The highest BCUT2D eigenvalue weighted by atomic mass is 14.9. The Bertz CT molecular complexity index is 107. The molecule has 0 aromatic heterocycles. The Kier molecular flexibility index (Phi) is 0.697. The summed E-state index contributed by atoms with van der Waals surface area (Å²) < 4.78 is 0. The summed E-state index contributed by atoms with van der Waals surface area (Å²) in [5, 5.41) is 3.07. The van der Waals surface area contributed by atoms with E-state index < -0.39 is 0 Å². The van der Waals surface area contributed by atoms with Crippen LogP contribution < -0.4 is 5.32 Å². The van der Waals surface area contributed by atoms with Crippen LogP contribution in [-0.4, -0.2) is 6.54 Å². The van der Waals surface area contributed by atoms with Crippen molar-refractivity contribution in [2.75, 3.05) is 6.54 Å². The first kappa shape index (κ1) is 3.51. The minimum atomic E-state index is 0.964. The highest BCUT2D eigenvalue weighted by molar-refractivity contribution is 5.04. The van der Waals surface area contributed by atoms with Gasteiger partial charge < -0.3 is 5.32 Å². The van der Waals surface area contributed by atoms with Gasteiger partial charge in [-0.1, -0.05) is 0 Å². The molecule has 0 saturated heterocycles. The van der Waals surface area contributed by atoms with Crippen LogP contribution in [0.1, 0.15) is 6.92 Å². The molecular formula is C5H7N. The van der Waals surface area contributed by atoms with Gasteiger partial charge in [-0.25, -0.2) is 0 Å². The lowest BCUT2D eigenvalue weighted by Gasteiger charge is -1.88. The molecule has 0 aromatic rings. The van der Waals surface area contributed by atoms with Crippen molar-refractivity contribution in [1.82, 2.24) is 5.32 Å². The smallest absolute Gasteiger partial charge is 0.0506 e. The van der Waals surface area contributed by atoms with Crippen molar-refractivity contribution in [3.05, 3.63) is 17.5 Å². The average molecular weight is 81.1 g/mol. The minimum absolute atomic E-state index is 0.964. The van der Waals surface area contributed by atoms with Crippen LogP contribution in [0.25, 0.3) is 0 Å². The molecule has 6 heavy (non-hydrogen) atoms. The third-order valence-electron chi connectivity index (χ3n) is 0.788. The first-order valence-electron chi connectivity index (χ1n) is 2.05. The van der Waals surface area contributed by atoms with Gasteiger partial charge in [0.2, 0.25) is 0 Å². The molecule has 32 valence electrons. The monoisotopic (exact) mass is 81.1 g/mol. The molecule has 1 nitrogen and oxygen atoms in total. The molecule has 0 bridgehead atoms. The molecule has 1 rings (SSSR count). The van der Waals surface area contributed by atoms with Gasteiger partial charge in [0.1, 0.15) is 0 Å². The second kappa shape index (κ2) is 1.19. The predicted octanol–water partition coefficient (Wildman–Crippen LogP) is 0.649. The first-order valence-corrected chi connectivity index (χ1v) is 2.05. The van der Waals surface area contributed by atoms with Crippen molar-refractivity contribution in [2.24, 2.45) is 0 Å². The normalized spacial score (nSPS) is 17.2. The number of hydrogen-bond donors (Lipinski definition) is 1. The molecule has 1 heterocycles. The van der Waals surface area contributed by atoms with Crippen LogP contribution in [0.5, 0.6) is 0 Å². The van der Waals surface area contributed by atoms with Crippen LogP contribution in [0.4, 0.5) is 0 Å². The number of hydrogen-bond acceptors (Lipinski definition) is 1. The first-order chi connectivity index (χ1) is 2.89. The Morgan fingerprint density at radius 1 is 2.00 bits per heavy atom. The lowest BCUT2D eigenvalue weighted by Crippen LogP contribution is -2.03. The number of nitrogens with one attached hydrogen (secondary N) is 1. The summed E-state index contributed by atoms with van der Waals surface area (Å²) in [7, 11) is 0. The van der Waals surface area contributed by atoms with E-state index in [1.807, 2.05) is 13.0 Å². The fourth-order valence-corrected chi connectivity index (χ4v) is 0.459. The van der Waals surface area contributed by atoms with Crippen molar-refractivity contribution < 1.29 is 0 Å². The maximum Gasteiger partial charge on any atom is 0.0506 e. The van der Waals surface area contributed by atoms with E-state index in [9.17, 15) is 0 Å². The van der Waals surface area contributed by atoms with E-state index in [1.54, 1.807) is 0 Å². The maximum absolute atomic E-state index is 3.07. The van der Waals surface area contributed by atoms with Crippen LogP contribution in [0.3, 0.4) is 0 Å². The molecular weight excluding hydrogens is 74.1 g/mol. The van der Waals surface area contributed by atoms with Crippen LogP contribution >= 0.6 is 0 Å². The van der Waals surface area contributed by atoms with Crippen molar-refractivity contribution in [3.63, 3.8) is 0 Å². The van der Waals surface area contributed by atoms with E-state index in [0.717, 1.165) is 12.2 Å². The Labute approximate surface area is 37.4 Å². The maximum atomic E-state index is 3.07. The molecule has 0 radical (unpaired) electrons. The average Bonchev–Trinajstić information content (AvgIpc) is 1.86. The Hall–Kier alpha value is -0.680.